The summed E-state index contributed by atoms with van der Waals surface area (Å²) < 4.78 is 5.57. The van der Waals surface area contributed by atoms with Crippen LogP contribution in [-0.2, 0) is 6.54 Å². The number of pyridine rings is 1. The summed E-state index contributed by atoms with van der Waals surface area (Å²) in [6.45, 7) is 5.15. The van der Waals surface area contributed by atoms with Crippen LogP contribution in [0.25, 0.3) is 0 Å². The second kappa shape index (κ2) is 9.01. The van der Waals surface area contributed by atoms with Crippen molar-refractivity contribution in [2.75, 3.05) is 25.5 Å². The van der Waals surface area contributed by atoms with E-state index in [1.165, 1.54) is 11.1 Å². The zero-order valence-corrected chi connectivity index (χ0v) is 17.0. The molecule has 0 radical (unpaired) electrons. The van der Waals surface area contributed by atoms with E-state index in [-0.39, 0.29) is 0 Å². The fourth-order valence-electron chi connectivity index (χ4n) is 3.85. The molecular formula is C23H27N5O. The second-order valence-corrected chi connectivity index (χ2v) is 7.53. The molecule has 1 aromatic carbocycles. The minimum Gasteiger partial charge on any atom is -0.496 e. The van der Waals surface area contributed by atoms with E-state index in [2.05, 4.69) is 57.4 Å². The van der Waals surface area contributed by atoms with Crippen molar-refractivity contribution in [2.45, 2.75) is 32.2 Å². The van der Waals surface area contributed by atoms with Crippen LogP contribution in [0.5, 0.6) is 5.75 Å². The number of aromatic nitrogens is 3. The molecule has 1 saturated heterocycles. The van der Waals surface area contributed by atoms with Gasteiger partial charge in [-0.2, -0.15) is 0 Å². The Labute approximate surface area is 172 Å². The van der Waals surface area contributed by atoms with Gasteiger partial charge >= 0.3 is 0 Å². The van der Waals surface area contributed by atoms with Gasteiger partial charge in [-0.3, -0.25) is 9.88 Å². The van der Waals surface area contributed by atoms with Gasteiger partial charge in [-0.1, -0.05) is 18.2 Å². The molecule has 4 rings (SSSR count). The van der Waals surface area contributed by atoms with Crippen molar-refractivity contribution in [3.8, 4) is 5.75 Å². The van der Waals surface area contributed by atoms with Gasteiger partial charge in [-0.05, 0) is 56.6 Å². The Morgan fingerprint density at radius 3 is 2.72 bits per heavy atom. The fraction of sp³-hybridized carbons (Fsp3) is 0.348. The normalized spacial score (nSPS) is 15.2. The number of piperidine rings is 1. The quantitative estimate of drug-likeness (QED) is 0.678. The van der Waals surface area contributed by atoms with Gasteiger partial charge in [0.25, 0.3) is 0 Å². The molecular weight excluding hydrogens is 362 g/mol. The third kappa shape index (κ3) is 4.90. The molecule has 3 aromatic rings. The molecule has 0 spiro atoms. The van der Waals surface area contributed by atoms with E-state index < -0.39 is 0 Å². The van der Waals surface area contributed by atoms with Crippen LogP contribution in [0.4, 0.5) is 11.6 Å². The number of rotatable bonds is 6. The molecule has 6 heteroatoms. The maximum Gasteiger partial charge on any atom is 0.150 e. The smallest absolute Gasteiger partial charge is 0.150 e. The number of methoxy groups -OCH3 is 1. The minimum atomic E-state index is 0.481. The third-order valence-corrected chi connectivity index (χ3v) is 5.43. The largest absolute Gasteiger partial charge is 0.496 e. The lowest BCUT2D eigenvalue weighted by Gasteiger charge is -2.32. The standard InChI is InChI=1S/C23H27N5O/c1-17-6-7-19(21(14-17)29-2)16-28-12-8-18(9-13-28)20-4-3-5-22(26-20)27-23-15-24-10-11-25-23/h3-7,10-11,14-15,18H,8-9,12-13,16H2,1-2H3,(H,25,26,27). The lowest BCUT2D eigenvalue weighted by Crippen LogP contribution is -2.32. The van der Waals surface area contributed by atoms with Crippen LogP contribution in [0.1, 0.15) is 35.6 Å². The summed E-state index contributed by atoms with van der Waals surface area (Å²) in [5, 5.41) is 3.23. The summed E-state index contributed by atoms with van der Waals surface area (Å²) in [5.41, 5.74) is 3.63. The number of ether oxygens (including phenoxy) is 1. The van der Waals surface area contributed by atoms with Crippen molar-refractivity contribution in [1.82, 2.24) is 19.9 Å². The van der Waals surface area contributed by atoms with E-state index in [9.17, 15) is 0 Å². The maximum absolute atomic E-state index is 5.57. The van der Waals surface area contributed by atoms with Gasteiger partial charge in [-0.15, -0.1) is 0 Å². The van der Waals surface area contributed by atoms with Gasteiger partial charge in [0.15, 0.2) is 0 Å². The van der Waals surface area contributed by atoms with Gasteiger partial charge in [0.1, 0.15) is 17.4 Å². The van der Waals surface area contributed by atoms with Crippen LogP contribution in [-0.4, -0.2) is 40.1 Å². The number of anilines is 2. The lowest BCUT2D eigenvalue weighted by atomic mass is 9.92. The van der Waals surface area contributed by atoms with E-state index >= 15 is 0 Å². The summed E-state index contributed by atoms with van der Waals surface area (Å²) in [6.07, 6.45) is 7.25. The number of hydrogen-bond donors (Lipinski definition) is 1. The number of benzene rings is 1. The van der Waals surface area contributed by atoms with Crippen molar-refractivity contribution in [3.63, 3.8) is 0 Å². The number of aryl methyl sites for hydroxylation is 1. The highest BCUT2D eigenvalue weighted by molar-refractivity contribution is 5.50. The van der Waals surface area contributed by atoms with E-state index in [0.717, 1.165) is 49.7 Å². The van der Waals surface area contributed by atoms with Crippen LogP contribution in [0.2, 0.25) is 0 Å². The average molecular weight is 390 g/mol. The van der Waals surface area contributed by atoms with Crippen LogP contribution in [0.15, 0.2) is 55.0 Å². The number of hydrogen-bond acceptors (Lipinski definition) is 6. The molecule has 1 aliphatic heterocycles. The summed E-state index contributed by atoms with van der Waals surface area (Å²) in [4.78, 5) is 15.7. The first kappa shape index (κ1) is 19.3. The van der Waals surface area contributed by atoms with Gasteiger partial charge in [0.2, 0.25) is 0 Å². The Bertz CT molecular complexity index is 939. The predicted octanol–water partition coefficient (Wildman–Crippen LogP) is 4.31. The molecule has 0 saturated carbocycles. The highest BCUT2D eigenvalue weighted by Gasteiger charge is 2.22. The molecule has 29 heavy (non-hydrogen) atoms. The Morgan fingerprint density at radius 2 is 1.97 bits per heavy atom. The fourth-order valence-corrected chi connectivity index (χ4v) is 3.85. The van der Waals surface area contributed by atoms with Crippen molar-refractivity contribution in [1.29, 1.82) is 0 Å². The molecule has 150 valence electrons. The molecule has 0 unspecified atom stereocenters. The molecule has 2 aromatic heterocycles. The first-order valence-corrected chi connectivity index (χ1v) is 10.1. The van der Waals surface area contributed by atoms with E-state index in [1.54, 1.807) is 25.7 Å². The highest BCUT2D eigenvalue weighted by Crippen LogP contribution is 2.30. The van der Waals surface area contributed by atoms with E-state index in [4.69, 9.17) is 9.72 Å². The predicted molar refractivity (Wildman–Crippen MR) is 115 cm³/mol. The zero-order chi connectivity index (χ0) is 20.1. The Morgan fingerprint density at radius 1 is 1.10 bits per heavy atom. The Balaban J connectivity index is 1.37. The highest BCUT2D eigenvalue weighted by atomic mass is 16.5. The van der Waals surface area contributed by atoms with Gasteiger partial charge in [-0.25, -0.2) is 9.97 Å². The summed E-state index contributed by atoms with van der Waals surface area (Å²) in [6, 6.07) is 12.6. The van der Waals surface area contributed by atoms with Crippen molar-refractivity contribution in [3.05, 3.63) is 71.8 Å². The average Bonchev–Trinajstić information content (AvgIpc) is 2.76. The van der Waals surface area contributed by atoms with Crippen molar-refractivity contribution in [2.24, 2.45) is 0 Å². The zero-order valence-electron chi connectivity index (χ0n) is 17.0. The molecule has 0 amide bonds. The van der Waals surface area contributed by atoms with Gasteiger partial charge in [0, 0.05) is 36.1 Å². The SMILES string of the molecule is COc1cc(C)ccc1CN1CCC(c2cccc(Nc3cnccn3)n2)CC1. The molecule has 1 fully saturated rings. The van der Waals surface area contributed by atoms with Gasteiger partial charge in [0.05, 0.1) is 13.3 Å². The summed E-state index contributed by atoms with van der Waals surface area (Å²) >= 11 is 0. The first-order chi connectivity index (χ1) is 14.2. The number of nitrogens with zero attached hydrogens (tertiary/aromatic N) is 4. The third-order valence-electron chi connectivity index (χ3n) is 5.43. The van der Waals surface area contributed by atoms with E-state index in [0.29, 0.717) is 11.7 Å². The Hall–Kier alpha value is -2.99. The van der Waals surface area contributed by atoms with Crippen molar-refractivity contribution >= 4 is 11.6 Å². The second-order valence-electron chi connectivity index (χ2n) is 7.53. The molecule has 6 nitrogen and oxygen atoms in total. The first-order valence-electron chi connectivity index (χ1n) is 10.1. The lowest BCUT2D eigenvalue weighted by molar-refractivity contribution is 0.201. The number of nitrogens with one attached hydrogen (secondary N) is 1. The summed E-state index contributed by atoms with van der Waals surface area (Å²) in [7, 11) is 1.75. The monoisotopic (exact) mass is 389 g/mol. The van der Waals surface area contributed by atoms with Gasteiger partial charge < -0.3 is 10.1 Å². The van der Waals surface area contributed by atoms with Crippen LogP contribution < -0.4 is 10.1 Å². The molecule has 1 N–H and O–H groups in total. The Kier molecular flexibility index (Phi) is 6.00. The van der Waals surface area contributed by atoms with Crippen LogP contribution >= 0.6 is 0 Å². The molecule has 1 aliphatic rings. The molecule has 3 heterocycles. The van der Waals surface area contributed by atoms with Crippen molar-refractivity contribution < 1.29 is 4.74 Å². The molecule has 0 bridgehead atoms. The topological polar surface area (TPSA) is 63.2 Å². The van der Waals surface area contributed by atoms with Crippen LogP contribution in [0.3, 0.4) is 0 Å². The minimum absolute atomic E-state index is 0.481. The molecule has 0 atom stereocenters. The van der Waals surface area contributed by atoms with Crippen LogP contribution in [0, 0.1) is 6.92 Å². The maximum atomic E-state index is 5.57. The van der Waals surface area contributed by atoms with E-state index in [1.807, 2.05) is 6.07 Å². The summed E-state index contributed by atoms with van der Waals surface area (Å²) in [5.74, 6) is 2.99. The number of likely N-dealkylation sites (tertiary alicyclic amines) is 1. The molecule has 0 aliphatic carbocycles.